The van der Waals surface area contributed by atoms with Crippen LogP contribution >= 0.6 is 0 Å². The first-order valence-electron chi connectivity index (χ1n) is 4.89. The molecule has 0 saturated carbocycles. The summed E-state index contributed by atoms with van der Waals surface area (Å²) in [5, 5.41) is 0.947. The fraction of sp³-hybridized carbons (Fsp3) is 0. The molecule has 4 heteroatoms. The van der Waals surface area contributed by atoms with Crippen molar-refractivity contribution in [3.63, 3.8) is 0 Å². The predicted molar refractivity (Wildman–Crippen MR) is 61.7 cm³/mol. The van der Waals surface area contributed by atoms with Crippen molar-refractivity contribution in [3.8, 4) is 11.3 Å². The summed E-state index contributed by atoms with van der Waals surface area (Å²) in [6.07, 6.45) is 3.37. The van der Waals surface area contributed by atoms with Crippen LogP contribution in [0.25, 0.3) is 22.4 Å². The molecule has 0 unspecified atom stereocenters. The summed E-state index contributed by atoms with van der Waals surface area (Å²) in [6.45, 7) is 0. The number of nitrogen functional groups attached to an aromatic ring is 1. The van der Waals surface area contributed by atoms with Gasteiger partial charge in [0, 0.05) is 17.1 Å². The molecule has 16 heavy (non-hydrogen) atoms. The van der Waals surface area contributed by atoms with Gasteiger partial charge in [-0.1, -0.05) is 0 Å². The zero-order valence-corrected chi connectivity index (χ0v) is 8.42. The lowest BCUT2D eigenvalue weighted by molar-refractivity contribution is 0.582. The monoisotopic (exact) mass is 211 g/mol. The van der Waals surface area contributed by atoms with Crippen molar-refractivity contribution in [2.24, 2.45) is 0 Å². The van der Waals surface area contributed by atoms with Crippen LogP contribution in [0, 0.1) is 0 Å². The Kier molecular flexibility index (Phi) is 1.86. The van der Waals surface area contributed by atoms with E-state index in [4.69, 9.17) is 10.2 Å². The highest BCUT2D eigenvalue weighted by Crippen LogP contribution is 2.22. The fourth-order valence-electron chi connectivity index (χ4n) is 1.60. The van der Waals surface area contributed by atoms with Crippen LogP contribution in [0.15, 0.2) is 47.2 Å². The Labute approximate surface area is 91.7 Å². The molecule has 0 aliphatic heterocycles. The van der Waals surface area contributed by atoms with Crippen molar-refractivity contribution in [1.29, 1.82) is 0 Å². The second-order valence-corrected chi connectivity index (χ2v) is 3.48. The summed E-state index contributed by atoms with van der Waals surface area (Å²) in [5.74, 6) is 1.27. The van der Waals surface area contributed by atoms with E-state index in [1.165, 1.54) is 0 Å². The molecule has 0 bridgehead atoms. The molecule has 0 amide bonds. The van der Waals surface area contributed by atoms with E-state index >= 15 is 0 Å². The molecular weight excluding hydrogens is 202 g/mol. The first-order valence-corrected chi connectivity index (χ1v) is 4.89. The molecule has 78 valence electrons. The van der Waals surface area contributed by atoms with Gasteiger partial charge in [-0.15, -0.1) is 0 Å². The number of furan rings is 1. The molecule has 0 aromatic carbocycles. The number of hydrogen-bond donors (Lipinski definition) is 1. The van der Waals surface area contributed by atoms with Crippen LogP contribution in [0.5, 0.6) is 0 Å². The van der Waals surface area contributed by atoms with Gasteiger partial charge in [-0.3, -0.25) is 0 Å². The van der Waals surface area contributed by atoms with E-state index in [1.54, 1.807) is 18.5 Å². The summed E-state index contributed by atoms with van der Waals surface area (Å²) >= 11 is 0. The van der Waals surface area contributed by atoms with Crippen LogP contribution in [0.2, 0.25) is 0 Å². The van der Waals surface area contributed by atoms with Crippen molar-refractivity contribution in [1.82, 2.24) is 9.97 Å². The molecular formula is C12H9N3O. The third-order valence-electron chi connectivity index (χ3n) is 2.37. The first kappa shape index (κ1) is 8.91. The number of aromatic nitrogens is 2. The van der Waals surface area contributed by atoms with Crippen molar-refractivity contribution in [3.05, 3.63) is 42.8 Å². The van der Waals surface area contributed by atoms with E-state index < -0.39 is 0 Å². The molecule has 0 spiro atoms. The molecule has 3 heterocycles. The molecule has 0 saturated heterocycles. The van der Waals surface area contributed by atoms with Crippen molar-refractivity contribution in [2.75, 3.05) is 5.73 Å². The Morgan fingerprint density at radius 2 is 2.12 bits per heavy atom. The van der Waals surface area contributed by atoms with E-state index in [2.05, 4.69) is 9.97 Å². The molecule has 3 aromatic rings. The number of anilines is 1. The van der Waals surface area contributed by atoms with E-state index in [1.807, 2.05) is 24.3 Å². The van der Waals surface area contributed by atoms with Crippen LogP contribution in [0.3, 0.4) is 0 Å². The summed E-state index contributed by atoms with van der Waals surface area (Å²) in [6, 6.07) is 9.38. The number of pyridine rings is 2. The van der Waals surface area contributed by atoms with Gasteiger partial charge in [-0.05, 0) is 30.3 Å². The minimum absolute atomic E-state index is 0.478. The number of nitrogens with two attached hydrogens (primary N) is 1. The molecule has 0 fully saturated rings. The second kappa shape index (κ2) is 3.34. The van der Waals surface area contributed by atoms with Crippen LogP contribution in [-0.4, -0.2) is 9.97 Å². The minimum atomic E-state index is 0.478. The lowest BCUT2D eigenvalue weighted by Crippen LogP contribution is -1.91. The van der Waals surface area contributed by atoms with Gasteiger partial charge in [-0.25, -0.2) is 9.97 Å². The minimum Gasteiger partial charge on any atom is -0.464 e. The number of nitrogens with zero attached hydrogens (tertiary/aromatic N) is 2. The van der Waals surface area contributed by atoms with Gasteiger partial charge >= 0.3 is 0 Å². The largest absolute Gasteiger partial charge is 0.464 e. The summed E-state index contributed by atoms with van der Waals surface area (Å²) in [4.78, 5) is 8.38. The normalized spacial score (nSPS) is 10.8. The van der Waals surface area contributed by atoms with Gasteiger partial charge in [0.1, 0.15) is 11.6 Å². The van der Waals surface area contributed by atoms with Crippen LogP contribution in [0.4, 0.5) is 5.82 Å². The quantitative estimate of drug-likeness (QED) is 0.671. The van der Waals surface area contributed by atoms with Gasteiger partial charge in [0.05, 0.1) is 6.26 Å². The molecule has 0 atom stereocenters. The van der Waals surface area contributed by atoms with E-state index in [0.717, 1.165) is 16.7 Å². The maximum absolute atomic E-state index is 5.59. The van der Waals surface area contributed by atoms with Crippen LogP contribution in [0.1, 0.15) is 0 Å². The Morgan fingerprint density at radius 3 is 2.94 bits per heavy atom. The van der Waals surface area contributed by atoms with Gasteiger partial charge in [-0.2, -0.15) is 0 Å². The number of rotatable bonds is 1. The van der Waals surface area contributed by atoms with Gasteiger partial charge in [0.2, 0.25) is 0 Å². The average molecular weight is 211 g/mol. The molecule has 0 aliphatic carbocycles. The van der Waals surface area contributed by atoms with E-state index in [-0.39, 0.29) is 0 Å². The van der Waals surface area contributed by atoms with Crippen molar-refractivity contribution >= 4 is 16.9 Å². The van der Waals surface area contributed by atoms with Gasteiger partial charge in [0.15, 0.2) is 5.65 Å². The van der Waals surface area contributed by atoms with E-state index in [9.17, 15) is 0 Å². The SMILES string of the molecule is Nc1ccc2cc(-c3ccco3)cnc2n1. The second-order valence-electron chi connectivity index (χ2n) is 3.48. The highest BCUT2D eigenvalue weighted by molar-refractivity contribution is 5.80. The fourth-order valence-corrected chi connectivity index (χ4v) is 1.60. The van der Waals surface area contributed by atoms with Gasteiger partial charge < -0.3 is 10.2 Å². The molecule has 0 radical (unpaired) electrons. The Morgan fingerprint density at radius 1 is 1.19 bits per heavy atom. The lowest BCUT2D eigenvalue weighted by Gasteiger charge is -2.00. The summed E-state index contributed by atoms with van der Waals surface area (Å²) in [5.41, 5.74) is 7.17. The molecule has 0 aliphatic rings. The smallest absolute Gasteiger partial charge is 0.161 e. The maximum atomic E-state index is 5.59. The van der Waals surface area contributed by atoms with E-state index in [0.29, 0.717) is 11.5 Å². The third-order valence-corrected chi connectivity index (χ3v) is 2.37. The first-order chi connectivity index (χ1) is 7.83. The molecule has 2 N–H and O–H groups in total. The summed E-state index contributed by atoms with van der Waals surface area (Å²) in [7, 11) is 0. The summed E-state index contributed by atoms with van der Waals surface area (Å²) < 4.78 is 5.31. The molecule has 3 aromatic heterocycles. The zero-order valence-electron chi connectivity index (χ0n) is 8.42. The van der Waals surface area contributed by atoms with Crippen LogP contribution < -0.4 is 5.73 Å². The zero-order chi connectivity index (χ0) is 11.0. The van der Waals surface area contributed by atoms with Crippen molar-refractivity contribution < 1.29 is 4.42 Å². The van der Waals surface area contributed by atoms with Crippen LogP contribution in [-0.2, 0) is 0 Å². The maximum Gasteiger partial charge on any atom is 0.161 e. The number of fused-ring (bicyclic) bond motifs is 1. The predicted octanol–water partition coefficient (Wildman–Crippen LogP) is 2.47. The average Bonchev–Trinajstić information content (AvgIpc) is 2.82. The Bertz CT molecular complexity index is 632. The van der Waals surface area contributed by atoms with Gasteiger partial charge in [0.25, 0.3) is 0 Å². The van der Waals surface area contributed by atoms with Crippen molar-refractivity contribution in [2.45, 2.75) is 0 Å². The Hall–Kier alpha value is -2.36. The highest BCUT2D eigenvalue weighted by Gasteiger charge is 2.03. The highest BCUT2D eigenvalue weighted by atomic mass is 16.3. The third kappa shape index (κ3) is 1.40. The topological polar surface area (TPSA) is 64.9 Å². The molecule has 3 rings (SSSR count). The lowest BCUT2D eigenvalue weighted by atomic mass is 10.2. The standard InChI is InChI=1S/C12H9N3O/c13-11-4-3-8-6-9(7-14-12(8)15-11)10-2-1-5-16-10/h1-7H,(H2,13,14,15). The number of hydrogen-bond acceptors (Lipinski definition) is 4. The Balaban J connectivity index is 2.20. The molecule has 4 nitrogen and oxygen atoms in total.